The van der Waals surface area contributed by atoms with E-state index >= 15 is 0 Å². The van der Waals surface area contributed by atoms with E-state index in [2.05, 4.69) is 18.7 Å². The van der Waals surface area contributed by atoms with Gasteiger partial charge in [0.05, 0.1) is 28.4 Å². The van der Waals surface area contributed by atoms with Gasteiger partial charge in [0.15, 0.2) is 0 Å². The summed E-state index contributed by atoms with van der Waals surface area (Å²) >= 11 is 2.00. The third kappa shape index (κ3) is 4.48. The molecule has 1 aliphatic rings. The molecule has 1 fully saturated rings. The maximum Gasteiger partial charge on any atom is 0.222 e. The molecule has 0 N–H and O–H groups in total. The molecule has 0 unspecified atom stereocenters. The zero-order valence-corrected chi connectivity index (χ0v) is 19.4. The number of halogens is 2. The lowest BCUT2D eigenvalue weighted by Crippen LogP contribution is -2.38. The molecule has 0 bridgehead atoms. The van der Waals surface area contributed by atoms with E-state index in [1.165, 1.54) is 12.3 Å². The number of nitrogens with zero attached hydrogens (tertiary/aromatic N) is 4. The minimum Gasteiger partial charge on any atom is -0.382 e. The number of nitriles is 1. The van der Waals surface area contributed by atoms with Crippen molar-refractivity contribution in [2.45, 2.75) is 38.6 Å². The average Bonchev–Trinajstić information content (AvgIpc) is 3.00. The molecule has 1 saturated heterocycles. The zero-order valence-electron chi connectivity index (χ0n) is 17.2. The number of aromatic nitrogens is 1. The normalized spacial score (nSPS) is 16.4. The van der Waals surface area contributed by atoms with Crippen molar-refractivity contribution < 1.29 is 9.18 Å². The Morgan fingerprint density at radius 1 is 1.31 bits per heavy atom. The highest BCUT2D eigenvalue weighted by molar-refractivity contribution is 14.1. The number of rotatable bonds is 5. The largest absolute Gasteiger partial charge is 0.382 e. The number of likely N-dealkylation sites (tertiary alicyclic amines) is 1. The minimum atomic E-state index is -0.362. The van der Waals surface area contributed by atoms with Crippen molar-refractivity contribution in [3.05, 3.63) is 47.0 Å². The van der Waals surface area contributed by atoms with Gasteiger partial charge in [-0.25, -0.2) is 4.39 Å². The molecule has 1 aromatic carbocycles. The molecular formula is C22H26FIN4O. The first-order valence-corrected chi connectivity index (χ1v) is 10.8. The smallest absolute Gasteiger partial charge is 0.222 e. The molecular weight excluding hydrogens is 482 g/mol. The number of allylic oxidation sites excluding steroid dienone is 1. The predicted octanol–water partition coefficient (Wildman–Crippen LogP) is 4.72. The van der Waals surface area contributed by atoms with E-state index in [9.17, 15) is 14.4 Å². The molecule has 2 heterocycles. The van der Waals surface area contributed by atoms with Gasteiger partial charge in [-0.3, -0.25) is 7.58 Å². The van der Waals surface area contributed by atoms with Crippen LogP contribution in [0.2, 0.25) is 0 Å². The van der Waals surface area contributed by atoms with Crippen LogP contribution in [-0.2, 0) is 0 Å². The summed E-state index contributed by atoms with van der Waals surface area (Å²) in [7, 11) is 3.52. The van der Waals surface area contributed by atoms with E-state index in [1.807, 2.05) is 35.0 Å². The van der Waals surface area contributed by atoms with Crippen LogP contribution in [0.1, 0.15) is 48.7 Å². The van der Waals surface area contributed by atoms with Gasteiger partial charge in [0.1, 0.15) is 23.2 Å². The fraction of sp³-hybridized carbons (Fsp3) is 0.455. The molecule has 0 amide bonds. The highest BCUT2D eigenvalue weighted by atomic mass is 127. The molecule has 0 spiro atoms. The quantitative estimate of drug-likeness (QED) is 0.254. The van der Waals surface area contributed by atoms with E-state index in [-0.39, 0.29) is 23.1 Å². The number of benzene rings is 1. The second-order valence-electron chi connectivity index (χ2n) is 8.09. The number of hydrogen-bond donors (Lipinski definition) is 0. The van der Waals surface area contributed by atoms with E-state index in [4.69, 9.17) is 0 Å². The lowest BCUT2D eigenvalue weighted by atomic mass is 9.88. The molecule has 154 valence electrons. The first-order valence-electron chi connectivity index (χ1n) is 9.81. The van der Waals surface area contributed by atoms with Crippen LogP contribution in [0.3, 0.4) is 0 Å². The predicted molar refractivity (Wildman–Crippen MR) is 122 cm³/mol. The number of piperidine rings is 1. The first kappa shape index (κ1) is 21.8. The van der Waals surface area contributed by atoms with E-state index < -0.39 is 0 Å². The molecule has 3 rings (SSSR count). The van der Waals surface area contributed by atoms with Gasteiger partial charge in [0, 0.05) is 31.7 Å². The van der Waals surface area contributed by atoms with Crippen molar-refractivity contribution in [1.29, 1.82) is 5.26 Å². The van der Waals surface area contributed by atoms with Gasteiger partial charge in [-0.05, 0) is 69.5 Å². The Kier molecular flexibility index (Phi) is 6.64. The number of ketones is 1. The second kappa shape index (κ2) is 8.84. The Balaban J connectivity index is 1.95. The topological polar surface area (TPSA) is 52.3 Å². The van der Waals surface area contributed by atoms with Crippen LogP contribution in [-0.4, -0.2) is 51.6 Å². The standard InChI is InChI=1S/C22H26FIN4O/c1-14(2)27-7-5-15(6-8-27)18-9-16-10-21(28(24)20(16)11-19(18)23)22(29)17(12-25)13-26(3)4/h9-11,13-15H,5-8H2,1-4H3/b17-13+. The zero-order chi connectivity index (χ0) is 21.3. The molecule has 0 radical (unpaired) electrons. The van der Waals surface area contributed by atoms with Crippen molar-refractivity contribution in [3.63, 3.8) is 0 Å². The van der Waals surface area contributed by atoms with E-state index in [0.717, 1.165) is 36.9 Å². The number of hydrogen-bond acceptors (Lipinski definition) is 4. The number of Topliss-reactive ketones (excluding diaryl/α,β-unsaturated/α-hetero) is 1. The van der Waals surface area contributed by atoms with Crippen molar-refractivity contribution >= 4 is 39.6 Å². The van der Waals surface area contributed by atoms with Crippen molar-refractivity contribution in [1.82, 2.24) is 12.6 Å². The van der Waals surface area contributed by atoms with E-state index in [1.54, 1.807) is 27.8 Å². The molecule has 5 nitrogen and oxygen atoms in total. The van der Waals surface area contributed by atoms with Gasteiger partial charge in [-0.1, -0.05) is 0 Å². The number of carbonyl (C=O) groups excluding carboxylic acids is 1. The summed E-state index contributed by atoms with van der Waals surface area (Å²) in [6, 6.07) is 7.64. The van der Waals surface area contributed by atoms with Crippen LogP contribution in [0.15, 0.2) is 30.0 Å². The van der Waals surface area contributed by atoms with Gasteiger partial charge in [0.2, 0.25) is 5.78 Å². The van der Waals surface area contributed by atoms with Crippen LogP contribution in [0.5, 0.6) is 0 Å². The lowest BCUT2D eigenvalue weighted by Gasteiger charge is -2.34. The Labute approximate surface area is 185 Å². The van der Waals surface area contributed by atoms with Crippen LogP contribution >= 0.6 is 22.9 Å². The van der Waals surface area contributed by atoms with Crippen molar-refractivity contribution in [2.75, 3.05) is 27.2 Å². The van der Waals surface area contributed by atoms with Gasteiger partial charge in [-0.15, -0.1) is 0 Å². The fourth-order valence-corrected chi connectivity index (χ4v) is 4.72. The summed E-state index contributed by atoms with van der Waals surface area (Å²) in [4.78, 5) is 16.9. The van der Waals surface area contributed by atoms with Crippen molar-refractivity contribution in [3.8, 4) is 6.07 Å². The summed E-state index contributed by atoms with van der Waals surface area (Å²) in [5.74, 6) is -0.395. The maximum absolute atomic E-state index is 15.0. The Bertz CT molecular complexity index is 994. The van der Waals surface area contributed by atoms with Gasteiger partial charge >= 0.3 is 0 Å². The Hall–Kier alpha value is -1.92. The molecule has 0 saturated carbocycles. The molecule has 7 heteroatoms. The van der Waals surface area contributed by atoms with Crippen molar-refractivity contribution in [2.24, 2.45) is 0 Å². The van der Waals surface area contributed by atoms with Crippen LogP contribution in [0.4, 0.5) is 4.39 Å². The maximum atomic E-state index is 15.0. The molecule has 0 aliphatic carbocycles. The molecule has 0 atom stereocenters. The number of carbonyl (C=O) groups is 1. The minimum absolute atomic E-state index is 0.0532. The van der Waals surface area contributed by atoms with E-state index in [0.29, 0.717) is 17.3 Å². The average molecular weight is 508 g/mol. The molecule has 2 aromatic rings. The summed E-state index contributed by atoms with van der Waals surface area (Å²) in [5, 5.41) is 10.2. The third-order valence-corrected chi connectivity index (χ3v) is 6.59. The molecule has 1 aromatic heterocycles. The summed E-state index contributed by atoms with van der Waals surface area (Å²) < 4.78 is 16.6. The Morgan fingerprint density at radius 3 is 2.52 bits per heavy atom. The van der Waals surface area contributed by atoms with Gasteiger partial charge in [-0.2, -0.15) is 5.26 Å². The summed E-state index contributed by atoms with van der Waals surface area (Å²) in [5.41, 5.74) is 1.81. The summed E-state index contributed by atoms with van der Waals surface area (Å²) in [6.45, 7) is 6.32. The van der Waals surface area contributed by atoms with Gasteiger partial charge < -0.3 is 9.80 Å². The monoisotopic (exact) mass is 508 g/mol. The highest BCUT2D eigenvalue weighted by Gasteiger charge is 2.26. The third-order valence-electron chi connectivity index (χ3n) is 5.55. The molecule has 1 aliphatic heterocycles. The SMILES string of the molecule is CC(C)N1CCC(c2cc3cc(C(=O)/C(C#N)=C/N(C)C)n(I)c3cc2F)CC1. The fourth-order valence-electron chi connectivity index (χ4n) is 3.95. The number of fused-ring (bicyclic) bond motifs is 1. The van der Waals surface area contributed by atoms with Crippen LogP contribution in [0, 0.1) is 17.1 Å². The second-order valence-corrected chi connectivity index (χ2v) is 9.06. The summed E-state index contributed by atoms with van der Waals surface area (Å²) in [6.07, 6.45) is 3.37. The Morgan fingerprint density at radius 2 is 1.97 bits per heavy atom. The van der Waals surface area contributed by atoms with Crippen LogP contribution in [0.25, 0.3) is 10.9 Å². The highest BCUT2D eigenvalue weighted by Crippen LogP contribution is 2.34. The lowest BCUT2D eigenvalue weighted by molar-refractivity contribution is 0.103. The van der Waals surface area contributed by atoms with Gasteiger partial charge in [0.25, 0.3) is 0 Å². The first-order chi connectivity index (χ1) is 13.7. The van der Waals surface area contributed by atoms with Crippen LogP contribution < -0.4 is 0 Å². The molecule has 29 heavy (non-hydrogen) atoms.